The van der Waals surface area contributed by atoms with Crippen molar-refractivity contribution in [2.45, 2.75) is 32.7 Å². The lowest BCUT2D eigenvalue weighted by Crippen LogP contribution is -2.40. The molecule has 3 aromatic rings. The van der Waals surface area contributed by atoms with Gasteiger partial charge in [0.1, 0.15) is 5.01 Å². The first-order valence-electron chi connectivity index (χ1n) is 10.2. The summed E-state index contributed by atoms with van der Waals surface area (Å²) in [6, 6.07) is 13.1. The molecule has 1 aromatic heterocycles. The summed E-state index contributed by atoms with van der Waals surface area (Å²) in [6.45, 7) is 3.94. The zero-order valence-electron chi connectivity index (χ0n) is 18.0. The van der Waals surface area contributed by atoms with Crippen molar-refractivity contribution in [1.29, 1.82) is 0 Å². The van der Waals surface area contributed by atoms with Gasteiger partial charge in [-0.3, -0.25) is 19.7 Å². The Morgan fingerprint density at radius 3 is 2.58 bits per heavy atom. The number of halogens is 1. The van der Waals surface area contributed by atoms with Gasteiger partial charge in [-0.15, -0.1) is 10.2 Å². The predicted octanol–water partition coefficient (Wildman–Crippen LogP) is 5.04. The molecule has 0 saturated carbocycles. The van der Waals surface area contributed by atoms with Crippen molar-refractivity contribution in [1.82, 2.24) is 15.1 Å². The first kappa shape index (κ1) is 24.3. The van der Waals surface area contributed by atoms with Gasteiger partial charge >= 0.3 is 0 Å². The second-order valence-corrected chi connectivity index (χ2v) is 8.64. The fourth-order valence-corrected chi connectivity index (χ4v) is 4.08. The van der Waals surface area contributed by atoms with Crippen molar-refractivity contribution in [2.24, 2.45) is 0 Å². The average Bonchev–Trinajstić information content (AvgIpc) is 3.27. The topological polar surface area (TPSA) is 118 Å². The molecule has 0 spiro atoms. The predicted molar refractivity (Wildman–Crippen MR) is 127 cm³/mol. The normalized spacial score (nSPS) is 11.6. The van der Waals surface area contributed by atoms with E-state index in [1.54, 1.807) is 4.90 Å². The van der Waals surface area contributed by atoms with Crippen molar-refractivity contribution in [2.75, 3.05) is 11.9 Å². The molecule has 172 valence electrons. The lowest BCUT2D eigenvalue weighted by molar-refractivity contribution is -0.384. The Labute approximate surface area is 199 Å². The van der Waals surface area contributed by atoms with Gasteiger partial charge in [0.2, 0.25) is 11.0 Å². The molecule has 9 nitrogen and oxygen atoms in total. The molecular formula is C22H22ClN5O4S. The van der Waals surface area contributed by atoms with Crippen molar-refractivity contribution >= 4 is 45.6 Å². The highest BCUT2D eigenvalue weighted by Gasteiger charge is 2.24. The van der Waals surface area contributed by atoms with E-state index in [1.807, 2.05) is 44.2 Å². The van der Waals surface area contributed by atoms with E-state index in [9.17, 15) is 19.7 Å². The van der Waals surface area contributed by atoms with Gasteiger partial charge in [0.25, 0.3) is 11.6 Å². The maximum atomic E-state index is 13.1. The van der Waals surface area contributed by atoms with Gasteiger partial charge in [0.05, 0.1) is 15.5 Å². The Morgan fingerprint density at radius 1 is 1.21 bits per heavy atom. The van der Waals surface area contributed by atoms with Gasteiger partial charge in [-0.1, -0.05) is 60.2 Å². The van der Waals surface area contributed by atoms with E-state index in [4.69, 9.17) is 11.6 Å². The van der Waals surface area contributed by atoms with Gasteiger partial charge in [0.15, 0.2) is 0 Å². The standard InChI is InChI=1S/C22H22ClN5O4S/c1-3-14(2)27(21(30)17-10-9-16(28(31)32)13-18(17)23)12-11-19(29)24-22-26-25-20(33-22)15-7-5-4-6-8-15/h4-10,13-14H,3,11-12H2,1-2H3,(H,24,26,29). The van der Waals surface area contributed by atoms with Gasteiger partial charge in [-0.05, 0) is 19.4 Å². The van der Waals surface area contributed by atoms with Gasteiger partial charge in [0, 0.05) is 36.7 Å². The Balaban J connectivity index is 1.66. The molecule has 0 bridgehead atoms. The molecule has 1 N–H and O–H groups in total. The number of rotatable bonds is 9. The molecule has 2 aromatic carbocycles. The fourth-order valence-electron chi connectivity index (χ4n) is 3.06. The van der Waals surface area contributed by atoms with Crippen LogP contribution in [0.2, 0.25) is 5.02 Å². The highest BCUT2D eigenvalue weighted by atomic mass is 35.5. The molecule has 2 amide bonds. The Bertz CT molecular complexity index is 1150. The van der Waals surface area contributed by atoms with Crippen LogP contribution in [-0.2, 0) is 4.79 Å². The number of hydrogen-bond donors (Lipinski definition) is 1. The molecule has 1 heterocycles. The van der Waals surface area contributed by atoms with Gasteiger partial charge in [-0.2, -0.15) is 0 Å². The number of carbonyl (C=O) groups is 2. The molecule has 0 aliphatic carbocycles. The van der Waals surface area contributed by atoms with E-state index in [-0.39, 0.29) is 47.1 Å². The van der Waals surface area contributed by atoms with E-state index in [0.29, 0.717) is 16.6 Å². The van der Waals surface area contributed by atoms with Crippen LogP contribution in [0.3, 0.4) is 0 Å². The lowest BCUT2D eigenvalue weighted by Gasteiger charge is -2.28. The second-order valence-electron chi connectivity index (χ2n) is 7.25. The number of nitro groups is 1. The largest absolute Gasteiger partial charge is 0.335 e. The van der Waals surface area contributed by atoms with Crippen LogP contribution in [0, 0.1) is 10.1 Å². The fraction of sp³-hybridized carbons (Fsp3) is 0.273. The number of aromatic nitrogens is 2. The first-order chi connectivity index (χ1) is 15.8. The number of benzene rings is 2. The summed E-state index contributed by atoms with van der Waals surface area (Å²) >= 11 is 7.40. The van der Waals surface area contributed by atoms with E-state index in [0.717, 1.165) is 11.6 Å². The van der Waals surface area contributed by atoms with E-state index < -0.39 is 4.92 Å². The zero-order valence-corrected chi connectivity index (χ0v) is 19.6. The maximum absolute atomic E-state index is 13.1. The number of amides is 2. The molecule has 33 heavy (non-hydrogen) atoms. The number of non-ortho nitro benzene ring substituents is 1. The number of nitrogens with one attached hydrogen (secondary N) is 1. The number of hydrogen-bond acceptors (Lipinski definition) is 7. The van der Waals surface area contributed by atoms with Crippen LogP contribution in [0.5, 0.6) is 0 Å². The summed E-state index contributed by atoms with van der Waals surface area (Å²) in [4.78, 5) is 37.5. The van der Waals surface area contributed by atoms with Crippen molar-refractivity contribution < 1.29 is 14.5 Å². The van der Waals surface area contributed by atoms with Crippen molar-refractivity contribution in [3.63, 3.8) is 0 Å². The molecule has 0 aliphatic heterocycles. The zero-order chi connectivity index (χ0) is 24.0. The van der Waals surface area contributed by atoms with Crippen molar-refractivity contribution in [3.05, 3.63) is 69.2 Å². The Morgan fingerprint density at radius 2 is 1.94 bits per heavy atom. The Hall–Kier alpha value is -3.37. The van der Waals surface area contributed by atoms with Crippen LogP contribution in [-0.4, -0.2) is 44.4 Å². The highest BCUT2D eigenvalue weighted by molar-refractivity contribution is 7.18. The third kappa shape index (κ3) is 6.11. The van der Waals surface area contributed by atoms with E-state index in [1.165, 1.54) is 23.5 Å². The Kier molecular flexibility index (Phi) is 8.07. The number of anilines is 1. The molecule has 0 aliphatic rings. The monoisotopic (exact) mass is 487 g/mol. The summed E-state index contributed by atoms with van der Waals surface area (Å²) in [7, 11) is 0. The molecule has 1 unspecified atom stereocenters. The minimum absolute atomic E-state index is 0.00532. The summed E-state index contributed by atoms with van der Waals surface area (Å²) in [5.74, 6) is -0.694. The summed E-state index contributed by atoms with van der Waals surface area (Å²) in [5, 5.41) is 22.8. The first-order valence-corrected chi connectivity index (χ1v) is 11.4. The molecule has 0 fully saturated rings. The minimum atomic E-state index is -0.576. The van der Waals surface area contributed by atoms with Crippen LogP contribution in [0.15, 0.2) is 48.5 Å². The maximum Gasteiger partial charge on any atom is 0.270 e. The third-order valence-electron chi connectivity index (χ3n) is 5.05. The molecule has 0 saturated heterocycles. The quantitative estimate of drug-likeness (QED) is 0.333. The number of nitrogens with zero attached hydrogens (tertiary/aromatic N) is 4. The van der Waals surface area contributed by atoms with Crippen LogP contribution >= 0.6 is 22.9 Å². The molecule has 3 rings (SSSR count). The summed E-state index contributed by atoms with van der Waals surface area (Å²) in [5.41, 5.74) is 0.863. The number of carbonyl (C=O) groups excluding carboxylic acids is 2. The smallest absolute Gasteiger partial charge is 0.270 e. The lowest BCUT2D eigenvalue weighted by atomic mass is 10.1. The summed E-state index contributed by atoms with van der Waals surface area (Å²) < 4.78 is 0. The van der Waals surface area contributed by atoms with Gasteiger partial charge < -0.3 is 10.2 Å². The SMILES string of the molecule is CCC(C)N(CCC(=O)Nc1nnc(-c2ccccc2)s1)C(=O)c1ccc([N+](=O)[O-])cc1Cl. The van der Waals surface area contributed by atoms with Crippen LogP contribution in [0.1, 0.15) is 37.0 Å². The van der Waals surface area contributed by atoms with Crippen LogP contribution in [0.25, 0.3) is 10.6 Å². The average molecular weight is 488 g/mol. The third-order valence-corrected chi connectivity index (χ3v) is 6.25. The second kappa shape index (κ2) is 11.0. The van der Waals surface area contributed by atoms with Gasteiger partial charge in [-0.25, -0.2) is 0 Å². The molecular weight excluding hydrogens is 466 g/mol. The molecule has 0 radical (unpaired) electrons. The summed E-state index contributed by atoms with van der Waals surface area (Å²) in [6.07, 6.45) is 0.704. The minimum Gasteiger partial charge on any atom is -0.335 e. The molecule has 11 heteroatoms. The van der Waals surface area contributed by atoms with E-state index in [2.05, 4.69) is 15.5 Å². The van der Waals surface area contributed by atoms with E-state index >= 15 is 0 Å². The highest BCUT2D eigenvalue weighted by Crippen LogP contribution is 2.27. The number of nitro benzene ring substituents is 1. The molecule has 1 atom stereocenters. The van der Waals surface area contributed by atoms with Crippen LogP contribution < -0.4 is 5.32 Å². The van der Waals surface area contributed by atoms with Crippen molar-refractivity contribution in [3.8, 4) is 10.6 Å². The van der Waals surface area contributed by atoms with Crippen LogP contribution in [0.4, 0.5) is 10.8 Å².